The van der Waals surface area contributed by atoms with E-state index in [2.05, 4.69) is 68.5 Å². The van der Waals surface area contributed by atoms with Gasteiger partial charge >= 0.3 is 56.6 Å². The van der Waals surface area contributed by atoms with Gasteiger partial charge in [0.15, 0.2) is 16.6 Å². The Balaban J connectivity index is -0.0000000414. The maximum atomic E-state index is 13.5. The van der Waals surface area contributed by atoms with E-state index in [0.29, 0.717) is 6.42 Å². The molecule has 0 aromatic heterocycles. The summed E-state index contributed by atoms with van der Waals surface area (Å²) in [4.78, 5) is 0. The summed E-state index contributed by atoms with van der Waals surface area (Å²) >= 11 is 0. The number of alkyl halides is 11. The van der Waals surface area contributed by atoms with E-state index in [1.807, 2.05) is 30.2 Å². The fourth-order valence-corrected chi connectivity index (χ4v) is 20.3. The molecule has 365 valence electrons. The van der Waals surface area contributed by atoms with Crippen LogP contribution in [0.15, 0.2) is 36.8 Å². The summed E-state index contributed by atoms with van der Waals surface area (Å²) in [6.45, 7) is 26.8. The van der Waals surface area contributed by atoms with Crippen LogP contribution < -0.4 is 0 Å². The van der Waals surface area contributed by atoms with Gasteiger partial charge in [-0.15, -0.1) is 19.7 Å². The van der Waals surface area contributed by atoms with Gasteiger partial charge in [-0.1, -0.05) is 112 Å². The van der Waals surface area contributed by atoms with E-state index in [0.717, 1.165) is 0 Å². The first-order valence-electron chi connectivity index (χ1n) is 13.6. The minimum atomic E-state index is -7.05. The molecule has 0 saturated carbocycles. The van der Waals surface area contributed by atoms with E-state index in [1.54, 1.807) is 0 Å². The van der Waals surface area contributed by atoms with Gasteiger partial charge in [0.1, 0.15) is 6.61 Å². The molecule has 0 aromatic rings. The van der Waals surface area contributed by atoms with Crippen LogP contribution in [-0.2, 0) is 25.9 Å². The molecule has 1 radical (unpaired) electrons. The number of ether oxygens (including phenoxy) is 2. The number of hydrogen-bond donors (Lipinski definition) is 0. The fourth-order valence-electron chi connectivity index (χ4n) is 3.07. The molecule has 0 aliphatic heterocycles. The number of halogens is 11. The van der Waals surface area contributed by atoms with Crippen molar-refractivity contribution >= 4 is 43.0 Å². The van der Waals surface area contributed by atoms with Crippen molar-refractivity contribution in [3.8, 4) is 0 Å². The predicted molar refractivity (Wildman–Crippen MR) is 237 cm³/mol. The van der Waals surface area contributed by atoms with Crippen molar-refractivity contribution in [2.75, 3.05) is 13.2 Å². The summed E-state index contributed by atoms with van der Waals surface area (Å²) in [7, 11) is -10.1. The van der Waals surface area contributed by atoms with E-state index >= 15 is 0 Å². The Labute approximate surface area is 350 Å². The van der Waals surface area contributed by atoms with E-state index in [4.69, 9.17) is 16.5 Å². The summed E-state index contributed by atoms with van der Waals surface area (Å²) < 4.78 is 168. The molecule has 0 spiro atoms. The Morgan fingerprint density at radius 3 is 1.20 bits per heavy atom. The van der Waals surface area contributed by atoms with Gasteiger partial charge in [-0.25, -0.2) is 0 Å². The van der Waals surface area contributed by atoms with Crippen LogP contribution in [-0.4, -0.2) is 86.5 Å². The average molecular weight is 1490 g/mol. The van der Waals surface area contributed by atoms with Gasteiger partial charge in [0.05, 0.1) is 0 Å². The molecule has 0 aliphatic rings. The average Bonchev–Trinajstić information content (AvgIpc) is 2.83. The van der Waals surface area contributed by atoms with Crippen molar-refractivity contribution < 1.29 is 74.2 Å². The second-order valence-electron chi connectivity index (χ2n) is 11.5. The number of unbranched alkanes of at least 4 members (excludes halogenated alkanes) is 1. The molecule has 6 nitrogen and oxygen atoms in total. The second-order valence-corrected chi connectivity index (χ2v) is 28.2. The SMILES string of the molecule is C.C.C.C.C.C.C.C.C.C.C.C=C[Si](C)(C)O[Si](C)(C)O[Si](C)O[Si](C)(C=C)O[Si](C)(C)C=C.CCCCOCC(F)(OC(F)(F)C(F)(F)C(F)(F)F)C(F)(F)F.[Rf].[Rf]. The van der Waals surface area contributed by atoms with Crippen molar-refractivity contribution in [1.29, 1.82) is 0 Å². The fraction of sp³-hybridized carbons (Fsp3) is 0.829. The van der Waals surface area contributed by atoms with Crippen LogP contribution in [0.2, 0.25) is 52.4 Å². The summed E-state index contributed by atoms with van der Waals surface area (Å²) in [6.07, 6.45) is -19.7. The van der Waals surface area contributed by atoms with E-state index < -0.39 is 86.5 Å². The minimum absolute atomic E-state index is 0. The van der Waals surface area contributed by atoms with E-state index in [1.165, 1.54) is 6.92 Å². The molecule has 24 heteroatoms. The Morgan fingerprint density at radius 1 is 0.559 bits per heavy atom. The molecule has 0 aromatic carbocycles. The molecular formula is C35H88F11O6Rf2Si5. The molecule has 2 unspecified atom stereocenters. The minimum Gasteiger partial charge on any atom is -0.433 e. The maximum Gasteiger partial charge on any atom is 0.462 e. The van der Waals surface area contributed by atoms with Crippen molar-refractivity contribution in [3.05, 3.63) is 36.8 Å². The van der Waals surface area contributed by atoms with Crippen molar-refractivity contribution in [3.63, 3.8) is 0 Å². The van der Waals surface area contributed by atoms with Crippen LogP contribution >= 0.6 is 0 Å². The van der Waals surface area contributed by atoms with Gasteiger partial charge in [-0.3, -0.25) is 4.74 Å². The molecule has 2 atom stereocenters. The third-order valence-electron chi connectivity index (χ3n) is 5.43. The van der Waals surface area contributed by atoms with Crippen LogP contribution in [0.5, 0.6) is 0 Å². The summed E-state index contributed by atoms with van der Waals surface area (Å²) in [6, 6.07) is 0. The summed E-state index contributed by atoms with van der Waals surface area (Å²) in [5.74, 6) is -12.6. The number of hydrogen-bond acceptors (Lipinski definition) is 6. The van der Waals surface area contributed by atoms with Gasteiger partial charge in [-0.2, -0.15) is 48.3 Å². The molecule has 0 amide bonds. The van der Waals surface area contributed by atoms with Crippen molar-refractivity contribution in [2.45, 2.75) is 184 Å². The summed E-state index contributed by atoms with van der Waals surface area (Å²) in [5, 5.41) is 0. The number of rotatable bonds is 19. The van der Waals surface area contributed by atoms with Gasteiger partial charge in [0, 0.05) is 6.61 Å². The third kappa shape index (κ3) is 33.7. The zero-order valence-electron chi connectivity index (χ0n) is 28.7. The van der Waals surface area contributed by atoms with Crippen LogP contribution in [0.4, 0.5) is 48.3 Å². The Hall–Kier alpha value is -2.71. The standard InChI is InChI=1S/C14H33O4Si5.C10H11F11O2.11CH4.2Rf/c1-12-20(5,6)17-22(9,10)15-19(4)16-23(11,14-3)18-21(7,8)13-2;1-2-3-4-22-5-6(11,8(14,15)16)23-10(20,21)7(12,13)9(17,18)19;;;;;;;;;;;;;/h12-14H,1-3H2,4-11H3;2-5H2,1H3;11*1H4;;. The third-order valence-corrected chi connectivity index (χ3v) is 21.8. The van der Waals surface area contributed by atoms with E-state index in [-0.39, 0.29) is 88.1 Å². The van der Waals surface area contributed by atoms with E-state index in [9.17, 15) is 48.3 Å². The zero-order chi connectivity index (χ0) is 37.3. The normalized spacial score (nSPS) is 13.0. The Kier molecular flexibility index (Phi) is 61.6. The molecule has 59 heavy (non-hydrogen) atoms. The quantitative estimate of drug-likeness (QED) is 0.0730. The smallest absolute Gasteiger partial charge is 0.433 e. The van der Waals surface area contributed by atoms with Crippen LogP contribution in [0.25, 0.3) is 0 Å². The Bertz CT molecular complexity index is 1010. The molecule has 0 N–H and O–H groups in total. The zero-order valence-corrected chi connectivity index (χ0v) is 46.5. The molecule has 0 bridgehead atoms. The first-order chi connectivity index (χ1) is 20.2. The van der Waals surface area contributed by atoms with Crippen LogP contribution in [0, 0.1) is 0 Å². The van der Waals surface area contributed by atoms with Gasteiger partial charge < -0.3 is 21.2 Å². The molecule has 0 aliphatic carbocycles. The largest absolute Gasteiger partial charge is 0.462 e. The van der Waals surface area contributed by atoms with Crippen LogP contribution in [0.3, 0.4) is 0 Å². The maximum absolute atomic E-state index is 13.5. The first kappa shape index (κ1) is 101. The van der Waals surface area contributed by atoms with Crippen molar-refractivity contribution in [2.24, 2.45) is 0 Å². The molecular weight excluding hydrogens is 1400 g/mol. The second kappa shape index (κ2) is 36.0. The Morgan fingerprint density at radius 2 is 0.915 bits per heavy atom. The van der Waals surface area contributed by atoms with Gasteiger partial charge in [0.2, 0.25) is 0 Å². The molecule has 0 rings (SSSR count). The first-order valence-corrected chi connectivity index (χ1v) is 26.6. The molecule has 0 saturated heterocycles. The van der Waals surface area contributed by atoms with Crippen LogP contribution in [0.1, 0.15) is 101 Å². The van der Waals surface area contributed by atoms with Gasteiger partial charge in [-0.05, 0) is 58.8 Å². The molecule has 0 fully saturated rings. The monoisotopic (exact) mass is 1490 g/mol. The topological polar surface area (TPSA) is 55.4 Å². The summed E-state index contributed by atoms with van der Waals surface area (Å²) in [5.41, 5.74) is 5.66. The van der Waals surface area contributed by atoms with Gasteiger partial charge in [0.25, 0.3) is 0 Å². The molecule has 0 heterocycles. The van der Waals surface area contributed by atoms with Crippen molar-refractivity contribution in [1.82, 2.24) is 0 Å². The predicted octanol–water partition coefficient (Wildman–Crippen LogP) is 16.4.